The largest absolute Gasteiger partial charge is 0.452 e. The third kappa shape index (κ3) is 5.24. The summed E-state index contributed by atoms with van der Waals surface area (Å²) in [5.74, 6) is 0.0242. The molecule has 6 nitrogen and oxygen atoms in total. The van der Waals surface area contributed by atoms with Gasteiger partial charge in [0.25, 0.3) is 0 Å². The summed E-state index contributed by atoms with van der Waals surface area (Å²) in [7, 11) is 3.87. The Bertz CT molecular complexity index is 1060. The lowest BCUT2D eigenvalue weighted by molar-refractivity contribution is -0.140. The molecule has 0 spiro atoms. The van der Waals surface area contributed by atoms with E-state index in [9.17, 15) is 10.1 Å². The fraction of sp³-hybridized carbons (Fsp3) is 0.136. The lowest BCUT2D eigenvalue weighted by Crippen LogP contribution is -2.08. The van der Waals surface area contributed by atoms with Gasteiger partial charge in [0.05, 0.1) is 6.20 Å². The van der Waals surface area contributed by atoms with Gasteiger partial charge in [-0.1, -0.05) is 23.7 Å². The molecule has 0 N–H and O–H groups in total. The zero-order chi connectivity index (χ0) is 20.8. The van der Waals surface area contributed by atoms with Crippen LogP contribution in [-0.2, 0) is 16.1 Å². The summed E-state index contributed by atoms with van der Waals surface area (Å²) < 4.78 is 10.8. The molecule has 0 saturated carbocycles. The summed E-state index contributed by atoms with van der Waals surface area (Å²) in [4.78, 5) is 18.3. The van der Waals surface area contributed by atoms with Crippen molar-refractivity contribution in [2.75, 3.05) is 19.0 Å². The molecule has 0 atom stereocenters. The van der Waals surface area contributed by atoms with Crippen LogP contribution in [0.15, 0.2) is 64.7 Å². The molecule has 146 valence electrons. The summed E-state index contributed by atoms with van der Waals surface area (Å²) in [6.45, 7) is -0.176. The third-order valence-corrected chi connectivity index (χ3v) is 4.32. The highest BCUT2D eigenvalue weighted by molar-refractivity contribution is 6.30. The number of esters is 1. The summed E-state index contributed by atoms with van der Waals surface area (Å²) in [6, 6.07) is 16.4. The second-order valence-electron chi connectivity index (χ2n) is 6.36. The van der Waals surface area contributed by atoms with Gasteiger partial charge in [0.15, 0.2) is 12.4 Å². The molecular formula is C22H18ClN3O3. The molecule has 3 aromatic rings. The van der Waals surface area contributed by atoms with E-state index in [4.69, 9.17) is 20.8 Å². The van der Waals surface area contributed by atoms with Gasteiger partial charge < -0.3 is 14.1 Å². The van der Waals surface area contributed by atoms with Gasteiger partial charge in [0, 0.05) is 30.4 Å². The first-order chi connectivity index (χ1) is 14.0. The zero-order valence-electron chi connectivity index (χ0n) is 15.9. The summed E-state index contributed by atoms with van der Waals surface area (Å²) >= 11 is 5.87. The van der Waals surface area contributed by atoms with Crippen molar-refractivity contribution < 1.29 is 13.9 Å². The first-order valence-corrected chi connectivity index (χ1v) is 9.11. The molecular weight excluding hydrogens is 390 g/mol. The molecule has 29 heavy (non-hydrogen) atoms. The lowest BCUT2D eigenvalue weighted by atomic mass is 10.1. The van der Waals surface area contributed by atoms with Crippen LogP contribution in [0.5, 0.6) is 0 Å². The Balaban J connectivity index is 1.64. The number of benzene rings is 2. The van der Waals surface area contributed by atoms with E-state index in [0.29, 0.717) is 10.8 Å². The highest BCUT2D eigenvalue weighted by Gasteiger charge is 2.14. The van der Waals surface area contributed by atoms with Crippen molar-refractivity contribution in [3.63, 3.8) is 0 Å². The van der Waals surface area contributed by atoms with E-state index in [0.717, 1.165) is 16.8 Å². The molecule has 0 radical (unpaired) electrons. The Hall–Kier alpha value is -3.56. The Labute approximate surface area is 173 Å². The van der Waals surface area contributed by atoms with Gasteiger partial charge in [-0.2, -0.15) is 5.26 Å². The van der Waals surface area contributed by atoms with Crippen molar-refractivity contribution in [1.82, 2.24) is 4.98 Å². The smallest absolute Gasteiger partial charge is 0.349 e. The van der Waals surface area contributed by atoms with Crippen LogP contribution in [0.1, 0.15) is 11.5 Å². The molecule has 0 saturated heterocycles. The van der Waals surface area contributed by atoms with E-state index in [-0.39, 0.29) is 18.1 Å². The second-order valence-corrected chi connectivity index (χ2v) is 6.79. The fourth-order valence-corrected chi connectivity index (χ4v) is 2.63. The number of ether oxygens (including phenoxy) is 1. The summed E-state index contributed by atoms with van der Waals surface area (Å²) in [6.07, 6.45) is 3.02. The van der Waals surface area contributed by atoms with E-state index < -0.39 is 5.97 Å². The molecule has 0 amide bonds. The zero-order valence-corrected chi connectivity index (χ0v) is 16.7. The van der Waals surface area contributed by atoms with Gasteiger partial charge in [-0.05, 0) is 48.0 Å². The third-order valence-electron chi connectivity index (χ3n) is 4.07. The molecule has 3 rings (SSSR count). The van der Waals surface area contributed by atoms with Crippen LogP contribution in [0.25, 0.3) is 17.4 Å². The maximum Gasteiger partial charge on any atom is 0.349 e. The number of anilines is 1. The van der Waals surface area contributed by atoms with Gasteiger partial charge in [-0.25, -0.2) is 9.78 Å². The van der Waals surface area contributed by atoms with Crippen LogP contribution in [0.4, 0.5) is 5.69 Å². The SMILES string of the molecule is CN(C)c1ccc(/C=C(\C#N)C(=O)OCc2ncc(-c3ccc(Cl)cc3)o2)cc1. The van der Waals surface area contributed by atoms with E-state index in [2.05, 4.69) is 4.98 Å². The molecule has 2 aromatic carbocycles. The van der Waals surface area contributed by atoms with Gasteiger partial charge in [-0.15, -0.1) is 0 Å². The van der Waals surface area contributed by atoms with Gasteiger partial charge in [-0.3, -0.25) is 0 Å². The molecule has 0 aliphatic heterocycles. The minimum Gasteiger partial charge on any atom is -0.452 e. The van der Waals surface area contributed by atoms with Crippen molar-refractivity contribution in [2.24, 2.45) is 0 Å². The number of halogens is 1. The predicted octanol–water partition coefficient (Wildman–Crippen LogP) is 4.71. The van der Waals surface area contributed by atoms with Crippen molar-refractivity contribution >= 4 is 29.3 Å². The average molecular weight is 408 g/mol. The number of oxazole rings is 1. The molecule has 1 heterocycles. The maximum atomic E-state index is 12.2. The monoisotopic (exact) mass is 407 g/mol. The van der Waals surface area contributed by atoms with Gasteiger partial charge >= 0.3 is 5.97 Å². The minimum atomic E-state index is -0.740. The molecule has 1 aromatic heterocycles. The minimum absolute atomic E-state index is 0.105. The number of rotatable bonds is 6. The Kier molecular flexibility index (Phi) is 6.32. The summed E-state index contributed by atoms with van der Waals surface area (Å²) in [5, 5.41) is 9.92. The summed E-state index contributed by atoms with van der Waals surface area (Å²) in [5.41, 5.74) is 2.44. The lowest BCUT2D eigenvalue weighted by Gasteiger charge is -2.11. The first-order valence-electron chi connectivity index (χ1n) is 8.73. The van der Waals surface area contributed by atoms with E-state index >= 15 is 0 Å². The van der Waals surface area contributed by atoms with Gasteiger partial charge in [0.1, 0.15) is 11.6 Å². The maximum absolute atomic E-state index is 12.2. The number of hydrogen-bond acceptors (Lipinski definition) is 6. The average Bonchev–Trinajstić information content (AvgIpc) is 3.20. The Morgan fingerprint density at radius 3 is 2.52 bits per heavy atom. The highest BCUT2D eigenvalue weighted by Crippen LogP contribution is 2.23. The predicted molar refractivity (Wildman–Crippen MR) is 111 cm³/mol. The van der Waals surface area contributed by atoms with Crippen LogP contribution in [-0.4, -0.2) is 25.0 Å². The van der Waals surface area contributed by atoms with Crippen molar-refractivity contribution in [3.8, 4) is 17.4 Å². The van der Waals surface area contributed by atoms with Crippen LogP contribution >= 0.6 is 11.6 Å². The molecule has 0 aliphatic carbocycles. The second kappa shape index (κ2) is 9.09. The molecule has 7 heteroatoms. The Morgan fingerprint density at radius 1 is 1.21 bits per heavy atom. The van der Waals surface area contributed by atoms with Crippen molar-refractivity contribution in [1.29, 1.82) is 5.26 Å². The number of aromatic nitrogens is 1. The van der Waals surface area contributed by atoms with Crippen LogP contribution in [0, 0.1) is 11.3 Å². The topological polar surface area (TPSA) is 79.4 Å². The van der Waals surface area contributed by atoms with E-state index in [1.165, 1.54) is 6.08 Å². The first kappa shape index (κ1) is 20.2. The quantitative estimate of drug-likeness (QED) is 0.334. The number of carbonyl (C=O) groups is 1. The molecule has 0 fully saturated rings. The standard InChI is InChI=1S/C22H18ClN3O3/c1-26(2)19-9-3-15(4-10-19)11-17(12-24)22(27)28-14-21-25-13-20(29-21)16-5-7-18(23)8-6-16/h3-11,13H,14H2,1-2H3/b17-11+. The molecule has 0 bridgehead atoms. The van der Waals surface area contributed by atoms with Crippen molar-refractivity contribution in [3.05, 3.63) is 76.8 Å². The van der Waals surface area contributed by atoms with Crippen molar-refractivity contribution in [2.45, 2.75) is 6.61 Å². The van der Waals surface area contributed by atoms with Crippen LogP contribution < -0.4 is 4.90 Å². The fourth-order valence-electron chi connectivity index (χ4n) is 2.50. The normalized spacial score (nSPS) is 11.0. The van der Waals surface area contributed by atoms with Gasteiger partial charge in [0.2, 0.25) is 5.89 Å². The Morgan fingerprint density at radius 2 is 1.90 bits per heavy atom. The molecule has 0 unspecified atom stereocenters. The number of carbonyl (C=O) groups excluding carboxylic acids is 1. The number of nitriles is 1. The van der Waals surface area contributed by atoms with Crippen LogP contribution in [0.3, 0.4) is 0 Å². The van der Waals surface area contributed by atoms with E-state index in [1.807, 2.05) is 49.3 Å². The number of hydrogen-bond donors (Lipinski definition) is 0. The van der Waals surface area contributed by atoms with Crippen LogP contribution in [0.2, 0.25) is 5.02 Å². The number of nitrogens with zero attached hydrogens (tertiary/aromatic N) is 3. The van der Waals surface area contributed by atoms with E-state index in [1.54, 1.807) is 30.5 Å². The molecule has 0 aliphatic rings. The highest BCUT2D eigenvalue weighted by atomic mass is 35.5.